The van der Waals surface area contributed by atoms with Crippen molar-refractivity contribution in [3.05, 3.63) is 60.2 Å². The largest absolute Gasteiger partial charge is 0.458 e. The molecule has 144 valence electrons. The maximum atomic E-state index is 13.1. The van der Waals surface area contributed by atoms with E-state index < -0.39 is 0 Å². The molecule has 28 heavy (non-hydrogen) atoms. The van der Waals surface area contributed by atoms with Gasteiger partial charge in [0.15, 0.2) is 5.76 Å². The minimum absolute atomic E-state index is 0.242. The fraction of sp³-hybridized carbons (Fsp3) is 0.381. The molecule has 1 N–H and O–H groups in total. The van der Waals surface area contributed by atoms with Crippen LogP contribution in [0.15, 0.2) is 53.2 Å². The Hall–Kier alpha value is -2.93. The smallest absolute Gasteiger partial charge is 0.230 e. The Bertz CT molecular complexity index is 952. The predicted molar refractivity (Wildman–Crippen MR) is 103 cm³/mol. The molecule has 1 atom stereocenters. The monoisotopic (exact) mass is 377 g/mol. The van der Waals surface area contributed by atoms with Crippen LogP contribution in [-0.2, 0) is 17.9 Å². The quantitative estimate of drug-likeness (QED) is 0.740. The number of H-pyrrole nitrogens is 1. The van der Waals surface area contributed by atoms with Crippen molar-refractivity contribution < 1.29 is 9.21 Å². The lowest BCUT2D eigenvalue weighted by Crippen LogP contribution is -2.36. The van der Waals surface area contributed by atoms with E-state index in [1.807, 2.05) is 41.3 Å². The summed E-state index contributed by atoms with van der Waals surface area (Å²) in [6.45, 7) is 3.86. The number of amides is 1. The summed E-state index contributed by atoms with van der Waals surface area (Å²) < 4.78 is 5.95. The summed E-state index contributed by atoms with van der Waals surface area (Å²) in [5.41, 5.74) is 1.58. The summed E-state index contributed by atoms with van der Waals surface area (Å²) in [6.07, 6.45) is 5.33. The highest BCUT2D eigenvalue weighted by atomic mass is 16.3. The molecule has 7 heteroatoms. The number of aromatic nitrogens is 3. The van der Waals surface area contributed by atoms with Crippen LogP contribution in [0.1, 0.15) is 24.3 Å². The van der Waals surface area contributed by atoms with Gasteiger partial charge in [-0.15, -0.1) is 0 Å². The average molecular weight is 377 g/mol. The second-order valence-corrected chi connectivity index (χ2v) is 7.78. The number of carbonyl (C=O) groups is 1. The summed E-state index contributed by atoms with van der Waals surface area (Å²) in [7, 11) is 0. The number of rotatable bonds is 5. The zero-order chi connectivity index (χ0) is 19.0. The lowest BCUT2D eigenvalue weighted by molar-refractivity contribution is -0.136. The van der Waals surface area contributed by atoms with Crippen LogP contribution in [0.2, 0.25) is 0 Å². The van der Waals surface area contributed by atoms with E-state index in [1.54, 1.807) is 12.4 Å². The average Bonchev–Trinajstić information content (AvgIpc) is 3.49. The summed E-state index contributed by atoms with van der Waals surface area (Å²) in [6, 6.07) is 11.7. The van der Waals surface area contributed by atoms with E-state index in [0.29, 0.717) is 6.54 Å². The fourth-order valence-corrected chi connectivity index (χ4v) is 4.42. The van der Waals surface area contributed by atoms with Crippen molar-refractivity contribution in [3.8, 4) is 11.5 Å². The van der Waals surface area contributed by atoms with Crippen molar-refractivity contribution >= 4 is 5.91 Å². The first-order valence-electron chi connectivity index (χ1n) is 9.72. The van der Waals surface area contributed by atoms with E-state index >= 15 is 0 Å². The molecule has 1 spiro atoms. The molecule has 1 amide bonds. The lowest BCUT2D eigenvalue weighted by atomic mass is 9.85. The summed E-state index contributed by atoms with van der Waals surface area (Å²) in [5, 5.41) is 6.88. The Morgan fingerprint density at radius 1 is 1.07 bits per heavy atom. The van der Waals surface area contributed by atoms with E-state index in [0.717, 1.165) is 61.9 Å². The zero-order valence-electron chi connectivity index (χ0n) is 15.7. The molecule has 5 rings (SSSR count). The highest BCUT2D eigenvalue weighted by Crippen LogP contribution is 2.41. The molecule has 3 aromatic heterocycles. The van der Waals surface area contributed by atoms with E-state index in [9.17, 15) is 4.79 Å². The minimum Gasteiger partial charge on any atom is -0.458 e. The third-order valence-corrected chi connectivity index (χ3v) is 5.92. The topological polar surface area (TPSA) is 78.3 Å². The van der Waals surface area contributed by atoms with Crippen LogP contribution in [0.5, 0.6) is 0 Å². The minimum atomic E-state index is -0.242. The molecule has 1 unspecified atom stereocenters. The molecule has 2 aliphatic heterocycles. The molecule has 0 radical (unpaired) electrons. The van der Waals surface area contributed by atoms with Crippen LogP contribution in [0, 0.1) is 5.41 Å². The standard InChI is InChI=1S/C21H23N5O2/c27-20-21(8-12-26(20)13-16-3-1-2-9-22-16)7-11-25(15-21)14-17-4-5-19(28-17)18-6-10-23-24-18/h1-6,9-10H,7-8,11-15H2,(H,23,24). The number of furan rings is 1. The number of likely N-dealkylation sites (tertiary alicyclic amines) is 2. The van der Waals surface area contributed by atoms with Crippen molar-refractivity contribution in [1.82, 2.24) is 25.0 Å². The van der Waals surface area contributed by atoms with Crippen LogP contribution in [0.3, 0.4) is 0 Å². The van der Waals surface area contributed by atoms with Crippen molar-refractivity contribution in [3.63, 3.8) is 0 Å². The van der Waals surface area contributed by atoms with Gasteiger partial charge in [-0.25, -0.2) is 0 Å². The first-order valence-corrected chi connectivity index (χ1v) is 9.72. The third-order valence-electron chi connectivity index (χ3n) is 5.92. The number of pyridine rings is 1. The van der Waals surface area contributed by atoms with Crippen molar-refractivity contribution in [1.29, 1.82) is 0 Å². The fourth-order valence-electron chi connectivity index (χ4n) is 4.42. The number of aromatic amines is 1. The molecule has 0 bridgehead atoms. The Morgan fingerprint density at radius 3 is 2.82 bits per heavy atom. The maximum Gasteiger partial charge on any atom is 0.230 e. The van der Waals surface area contributed by atoms with Gasteiger partial charge >= 0.3 is 0 Å². The molecule has 0 aliphatic carbocycles. The van der Waals surface area contributed by atoms with Crippen molar-refractivity contribution in [2.45, 2.75) is 25.9 Å². The first-order chi connectivity index (χ1) is 13.7. The third kappa shape index (κ3) is 3.11. The maximum absolute atomic E-state index is 13.1. The summed E-state index contributed by atoms with van der Waals surface area (Å²) in [5.74, 6) is 1.98. The van der Waals surface area contributed by atoms with Gasteiger partial charge in [-0.3, -0.25) is 19.8 Å². The number of carbonyl (C=O) groups excluding carboxylic acids is 1. The normalized spacial score (nSPS) is 22.6. The van der Waals surface area contributed by atoms with Crippen molar-refractivity contribution in [2.24, 2.45) is 5.41 Å². The van der Waals surface area contributed by atoms with Crippen molar-refractivity contribution in [2.75, 3.05) is 19.6 Å². The van der Waals surface area contributed by atoms with E-state index in [-0.39, 0.29) is 11.3 Å². The number of hydrogen-bond acceptors (Lipinski definition) is 5. The van der Waals surface area contributed by atoms with Crippen LogP contribution in [0.25, 0.3) is 11.5 Å². The summed E-state index contributed by atoms with van der Waals surface area (Å²) in [4.78, 5) is 21.8. The van der Waals surface area contributed by atoms with E-state index in [2.05, 4.69) is 20.1 Å². The second-order valence-electron chi connectivity index (χ2n) is 7.78. The van der Waals surface area contributed by atoms with E-state index in [1.165, 1.54) is 0 Å². The Kier molecular flexibility index (Phi) is 4.24. The lowest BCUT2D eigenvalue weighted by Gasteiger charge is -2.23. The molecule has 5 heterocycles. The van der Waals surface area contributed by atoms with E-state index in [4.69, 9.17) is 4.42 Å². The van der Waals surface area contributed by atoms with Gasteiger partial charge < -0.3 is 9.32 Å². The molecule has 7 nitrogen and oxygen atoms in total. The predicted octanol–water partition coefficient (Wildman–Crippen LogP) is 2.69. The van der Waals surface area contributed by atoms with Gasteiger partial charge in [0.25, 0.3) is 0 Å². The van der Waals surface area contributed by atoms with Gasteiger partial charge in [0.2, 0.25) is 5.91 Å². The Balaban J connectivity index is 1.23. The molecular formula is C21H23N5O2. The summed E-state index contributed by atoms with van der Waals surface area (Å²) >= 11 is 0. The number of nitrogens with one attached hydrogen (secondary N) is 1. The van der Waals surface area contributed by atoms with Gasteiger partial charge in [0.05, 0.1) is 24.2 Å². The zero-order valence-corrected chi connectivity index (χ0v) is 15.7. The molecule has 2 fully saturated rings. The first kappa shape index (κ1) is 17.2. The van der Waals surface area contributed by atoms with Crippen LogP contribution in [0.4, 0.5) is 0 Å². The number of nitrogens with zero attached hydrogens (tertiary/aromatic N) is 4. The highest BCUT2D eigenvalue weighted by molar-refractivity contribution is 5.85. The SMILES string of the molecule is O=C1N(Cc2ccccn2)CCC12CCN(Cc1ccc(-c3ccn[nH]3)o1)C2. The van der Waals surface area contributed by atoms with Crippen LogP contribution < -0.4 is 0 Å². The molecule has 0 saturated carbocycles. The van der Waals surface area contributed by atoms with Gasteiger partial charge in [-0.2, -0.15) is 5.10 Å². The van der Waals surface area contributed by atoms with Gasteiger partial charge in [0.1, 0.15) is 11.5 Å². The molecule has 3 aromatic rings. The van der Waals surface area contributed by atoms with Crippen LogP contribution in [-0.4, -0.2) is 50.5 Å². The second kappa shape index (κ2) is 6.91. The molecule has 2 aliphatic rings. The van der Waals surface area contributed by atoms with Crippen LogP contribution >= 0.6 is 0 Å². The Morgan fingerprint density at radius 2 is 2.00 bits per heavy atom. The molecule has 2 saturated heterocycles. The highest BCUT2D eigenvalue weighted by Gasteiger charge is 2.50. The van der Waals surface area contributed by atoms with Gasteiger partial charge in [-0.05, 0) is 49.7 Å². The Labute approximate surface area is 163 Å². The van der Waals surface area contributed by atoms with Gasteiger partial charge in [0, 0.05) is 25.5 Å². The molecular weight excluding hydrogens is 354 g/mol. The molecule has 0 aromatic carbocycles. The number of hydrogen-bond donors (Lipinski definition) is 1. The van der Waals surface area contributed by atoms with Gasteiger partial charge in [-0.1, -0.05) is 6.07 Å².